The predicted molar refractivity (Wildman–Crippen MR) is 93.8 cm³/mol. The van der Waals surface area contributed by atoms with Crippen LogP contribution in [-0.4, -0.2) is 32.0 Å². The molecule has 5 nitrogen and oxygen atoms in total. The summed E-state index contributed by atoms with van der Waals surface area (Å²) in [6, 6.07) is 7.29. The molecule has 1 fully saturated rings. The lowest BCUT2D eigenvalue weighted by molar-refractivity contribution is -0.121. The van der Waals surface area contributed by atoms with Gasteiger partial charge in [-0.05, 0) is 56.0 Å². The molecule has 1 aliphatic heterocycles. The molecule has 0 saturated carbocycles. The van der Waals surface area contributed by atoms with Crippen LogP contribution in [0.1, 0.15) is 41.6 Å². The predicted octanol–water partition coefficient (Wildman–Crippen LogP) is 1.86. The normalized spacial score (nSPS) is 14.7. The number of carbonyl (C=O) groups is 2. The van der Waals surface area contributed by atoms with Gasteiger partial charge in [-0.25, -0.2) is 0 Å². The molecule has 1 aromatic carbocycles. The summed E-state index contributed by atoms with van der Waals surface area (Å²) in [7, 11) is 1.61. The molecule has 0 unspecified atom stereocenters. The quantitative estimate of drug-likeness (QED) is 0.741. The summed E-state index contributed by atoms with van der Waals surface area (Å²) in [6.07, 6.45) is 3.92. The topological polar surface area (TPSA) is 70.2 Å². The van der Waals surface area contributed by atoms with Crippen LogP contribution in [0.4, 0.5) is 0 Å². The molecule has 1 aliphatic rings. The van der Waals surface area contributed by atoms with Crippen molar-refractivity contribution in [3.05, 3.63) is 35.4 Å². The van der Waals surface area contributed by atoms with E-state index in [2.05, 4.69) is 16.0 Å². The van der Waals surface area contributed by atoms with Crippen molar-refractivity contribution in [2.45, 2.75) is 32.2 Å². The minimum Gasteiger partial charge on any atom is -0.355 e. The third kappa shape index (κ3) is 6.59. The second-order valence-corrected chi connectivity index (χ2v) is 5.78. The number of halogens is 1. The monoisotopic (exact) mass is 339 g/mol. The summed E-state index contributed by atoms with van der Waals surface area (Å²) >= 11 is 0. The number of amides is 2. The molecule has 0 spiro atoms. The number of piperidine rings is 1. The first-order valence-electron chi connectivity index (χ1n) is 7.97. The number of rotatable bonds is 6. The lowest BCUT2D eigenvalue weighted by atomic mass is 9.93. The Kier molecular flexibility index (Phi) is 8.66. The van der Waals surface area contributed by atoms with E-state index < -0.39 is 0 Å². The maximum absolute atomic E-state index is 11.9. The highest BCUT2D eigenvalue weighted by Gasteiger charge is 2.14. The van der Waals surface area contributed by atoms with Crippen LogP contribution in [0.25, 0.3) is 0 Å². The highest BCUT2D eigenvalue weighted by Crippen LogP contribution is 2.17. The fourth-order valence-electron chi connectivity index (χ4n) is 2.71. The third-order valence-electron chi connectivity index (χ3n) is 4.17. The highest BCUT2D eigenvalue weighted by molar-refractivity contribution is 5.93. The average molecular weight is 340 g/mol. The summed E-state index contributed by atoms with van der Waals surface area (Å²) in [4.78, 5) is 23.3. The number of benzene rings is 1. The summed E-state index contributed by atoms with van der Waals surface area (Å²) < 4.78 is 0. The van der Waals surface area contributed by atoms with Crippen molar-refractivity contribution >= 4 is 24.2 Å². The van der Waals surface area contributed by atoms with Gasteiger partial charge >= 0.3 is 0 Å². The van der Waals surface area contributed by atoms with Gasteiger partial charge in [-0.2, -0.15) is 0 Å². The first-order valence-corrected chi connectivity index (χ1v) is 7.97. The zero-order chi connectivity index (χ0) is 15.8. The molecule has 128 valence electrons. The van der Waals surface area contributed by atoms with Crippen LogP contribution in [0, 0.1) is 5.92 Å². The van der Waals surface area contributed by atoms with Gasteiger partial charge in [0.15, 0.2) is 0 Å². The molecule has 6 heteroatoms. The van der Waals surface area contributed by atoms with E-state index in [4.69, 9.17) is 0 Å². The molecule has 1 saturated heterocycles. The molecule has 2 rings (SSSR count). The molecule has 2 amide bonds. The molecule has 0 aromatic heterocycles. The van der Waals surface area contributed by atoms with Gasteiger partial charge in [-0.15, -0.1) is 12.4 Å². The number of nitrogens with one attached hydrogen (secondary N) is 3. The number of hydrogen-bond acceptors (Lipinski definition) is 3. The molecule has 0 radical (unpaired) electrons. The van der Waals surface area contributed by atoms with Gasteiger partial charge in [0.25, 0.3) is 5.91 Å². The Bertz CT molecular complexity index is 499. The second kappa shape index (κ2) is 10.2. The molecular weight excluding hydrogens is 314 g/mol. The second-order valence-electron chi connectivity index (χ2n) is 5.78. The Morgan fingerprint density at radius 1 is 1.17 bits per heavy atom. The highest BCUT2D eigenvalue weighted by atomic mass is 35.5. The molecule has 0 atom stereocenters. The molecule has 3 N–H and O–H groups in total. The van der Waals surface area contributed by atoms with Crippen LogP contribution >= 0.6 is 12.4 Å². The van der Waals surface area contributed by atoms with Crippen molar-refractivity contribution in [1.82, 2.24) is 16.0 Å². The fraction of sp³-hybridized carbons (Fsp3) is 0.529. The van der Waals surface area contributed by atoms with E-state index in [0.717, 1.165) is 25.1 Å². The Morgan fingerprint density at radius 2 is 1.83 bits per heavy atom. The van der Waals surface area contributed by atoms with Gasteiger partial charge in [-0.1, -0.05) is 12.1 Å². The van der Waals surface area contributed by atoms with Crippen molar-refractivity contribution < 1.29 is 9.59 Å². The first kappa shape index (κ1) is 19.5. The average Bonchev–Trinajstić information content (AvgIpc) is 2.58. The fourth-order valence-corrected chi connectivity index (χ4v) is 2.71. The van der Waals surface area contributed by atoms with Gasteiger partial charge in [-0.3, -0.25) is 9.59 Å². The lowest BCUT2D eigenvalue weighted by Crippen LogP contribution is -2.29. The van der Waals surface area contributed by atoms with E-state index in [9.17, 15) is 9.59 Å². The molecule has 0 bridgehead atoms. The van der Waals surface area contributed by atoms with Crippen molar-refractivity contribution in [3.63, 3.8) is 0 Å². The summed E-state index contributed by atoms with van der Waals surface area (Å²) in [6.45, 7) is 2.66. The maximum atomic E-state index is 11.9. The Balaban J connectivity index is 0.00000264. The minimum absolute atomic E-state index is 0. The largest absolute Gasteiger partial charge is 0.355 e. The van der Waals surface area contributed by atoms with Gasteiger partial charge in [0.2, 0.25) is 5.91 Å². The standard InChI is InChI=1S/C17H25N3O2.ClH/c1-18-17(22)15-5-2-14(3-6-15)12-20-16(21)7-4-13-8-10-19-11-9-13;/h2-3,5-6,13,19H,4,7-12H2,1H3,(H,18,22)(H,20,21);1H. The third-order valence-corrected chi connectivity index (χ3v) is 4.17. The molecule has 1 aromatic rings. The van der Waals surface area contributed by atoms with Crippen molar-refractivity contribution in [1.29, 1.82) is 0 Å². The minimum atomic E-state index is -0.0995. The van der Waals surface area contributed by atoms with Crippen molar-refractivity contribution in [2.24, 2.45) is 5.92 Å². The van der Waals surface area contributed by atoms with E-state index in [1.807, 2.05) is 12.1 Å². The zero-order valence-electron chi connectivity index (χ0n) is 13.6. The maximum Gasteiger partial charge on any atom is 0.251 e. The summed E-state index contributed by atoms with van der Waals surface area (Å²) in [5.41, 5.74) is 1.63. The Morgan fingerprint density at radius 3 is 2.43 bits per heavy atom. The van der Waals surface area contributed by atoms with E-state index in [1.165, 1.54) is 12.8 Å². The van der Waals surface area contributed by atoms with Gasteiger partial charge in [0.05, 0.1) is 0 Å². The Labute approximate surface area is 144 Å². The summed E-state index contributed by atoms with van der Waals surface area (Å²) in [5, 5.41) is 8.87. The van der Waals surface area contributed by atoms with Crippen LogP contribution < -0.4 is 16.0 Å². The van der Waals surface area contributed by atoms with Crippen LogP contribution in [0.2, 0.25) is 0 Å². The van der Waals surface area contributed by atoms with E-state index in [-0.39, 0.29) is 24.2 Å². The number of hydrogen-bond donors (Lipinski definition) is 3. The smallest absolute Gasteiger partial charge is 0.251 e. The molecule has 23 heavy (non-hydrogen) atoms. The molecule has 0 aliphatic carbocycles. The lowest BCUT2D eigenvalue weighted by Gasteiger charge is -2.22. The molecular formula is C17H26ClN3O2. The van der Waals surface area contributed by atoms with Gasteiger partial charge < -0.3 is 16.0 Å². The number of carbonyl (C=O) groups excluding carboxylic acids is 2. The Hall–Kier alpha value is -1.59. The van der Waals surface area contributed by atoms with Crippen LogP contribution in [0.15, 0.2) is 24.3 Å². The van der Waals surface area contributed by atoms with Crippen LogP contribution in [0.5, 0.6) is 0 Å². The summed E-state index contributed by atoms with van der Waals surface area (Å²) in [5.74, 6) is 0.685. The SMILES string of the molecule is CNC(=O)c1ccc(CNC(=O)CCC2CCNCC2)cc1.Cl. The zero-order valence-corrected chi connectivity index (χ0v) is 14.4. The van der Waals surface area contributed by atoms with E-state index in [1.54, 1.807) is 19.2 Å². The van der Waals surface area contributed by atoms with Gasteiger partial charge in [0.1, 0.15) is 0 Å². The van der Waals surface area contributed by atoms with E-state index >= 15 is 0 Å². The van der Waals surface area contributed by atoms with Crippen molar-refractivity contribution in [3.8, 4) is 0 Å². The van der Waals surface area contributed by atoms with Crippen LogP contribution in [0.3, 0.4) is 0 Å². The molecule has 1 heterocycles. The van der Waals surface area contributed by atoms with Crippen molar-refractivity contribution in [2.75, 3.05) is 20.1 Å². The van der Waals surface area contributed by atoms with Crippen LogP contribution in [-0.2, 0) is 11.3 Å². The first-order chi connectivity index (χ1) is 10.7. The van der Waals surface area contributed by atoms with Gasteiger partial charge in [0, 0.05) is 25.6 Å². The van der Waals surface area contributed by atoms with E-state index in [0.29, 0.717) is 24.4 Å².